The Hall–Kier alpha value is -1.25. The lowest BCUT2D eigenvalue weighted by Gasteiger charge is -2.01. The Morgan fingerprint density at radius 3 is 3.00 bits per heavy atom. The predicted molar refractivity (Wildman–Crippen MR) is 70.5 cm³/mol. The largest absolute Gasteiger partial charge is 0.480 e. The number of carboxylic acid groups (broad SMARTS) is 1. The highest BCUT2D eigenvalue weighted by molar-refractivity contribution is 9.11. The fraction of sp³-hybridized carbons (Fsp3) is 0.300. The average Bonchev–Trinajstić information content (AvgIpc) is 2.89. The second kappa shape index (κ2) is 5.59. The molecular formula is C10H11BrN4O2S. The SMILES string of the molecule is NC(Cc1cn(Cc2ccc(Br)s2)nn1)C(=O)O. The molecule has 18 heavy (non-hydrogen) atoms. The monoisotopic (exact) mass is 330 g/mol. The molecule has 0 saturated heterocycles. The zero-order valence-corrected chi connectivity index (χ0v) is 11.7. The fourth-order valence-corrected chi connectivity index (χ4v) is 2.89. The van der Waals surface area contributed by atoms with Crippen molar-refractivity contribution in [1.82, 2.24) is 15.0 Å². The molecule has 0 aliphatic rings. The van der Waals surface area contributed by atoms with Gasteiger partial charge in [0.05, 0.1) is 16.0 Å². The minimum atomic E-state index is -1.04. The minimum Gasteiger partial charge on any atom is -0.480 e. The summed E-state index contributed by atoms with van der Waals surface area (Å²) in [5, 5.41) is 16.6. The summed E-state index contributed by atoms with van der Waals surface area (Å²) in [5.74, 6) is -1.04. The van der Waals surface area contributed by atoms with Crippen molar-refractivity contribution >= 4 is 33.2 Å². The number of rotatable bonds is 5. The molecule has 6 nitrogen and oxygen atoms in total. The molecule has 0 aliphatic heterocycles. The van der Waals surface area contributed by atoms with Crippen LogP contribution in [-0.2, 0) is 17.8 Å². The van der Waals surface area contributed by atoms with Gasteiger partial charge in [-0.25, -0.2) is 4.68 Å². The number of aliphatic carboxylic acids is 1. The summed E-state index contributed by atoms with van der Waals surface area (Å²) in [6.45, 7) is 0.617. The molecule has 0 fully saturated rings. The van der Waals surface area contributed by atoms with Crippen LogP contribution in [0.25, 0.3) is 0 Å². The molecule has 96 valence electrons. The summed E-state index contributed by atoms with van der Waals surface area (Å²) < 4.78 is 2.73. The summed E-state index contributed by atoms with van der Waals surface area (Å²) in [6.07, 6.45) is 1.90. The molecule has 0 aliphatic carbocycles. The van der Waals surface area contributed by atoms with E-state index in [1.807, 2.05) is 12.1 Å². The number of halogens is 1. The Morgan fingerprint density at radius 2 is 2.39 bits per heavy atom. The number of carbonyl (C=O) groups is 1. The van der Waals surface area contributed by atoms with Crippen LogP contribution in [0.2, 0.25) is 0 Å². The number of hydrogen-bond acceptors (Lipinski definition) is 5. The van der Waals surface area contributed by atoms with E-state index in [0.29, 0.717) is 12.2 Å². The van der Waals surface area contributed by atoms with Crippen LogP contribution in [0.4, 0.5) is 0 Å². The van der Waals surface area contributed by atoms with Crippen LogP contribution in [0.15, 0.2) is 22.1 Å². The van der Waals surface area contributed by atoms with Crippen molar-refractivity contribution in [1.29, 1.82) is 0 Å². The zero-order valence-electron chi connectivity index (χ0n) is 9.28. The van der Waals surface area contributed by atoms with Gasteiger partial charge in [0.25, 0.3) is 0 Å². The summed E-state index contributed by atoms with van der Waals surface area (Å²) in [6, 6.07) is 3.03. The first-order valence-electron chi connectivity index (χ1n) is 5.16. The van der Waals surface area contributed by atoms with Gasteiger partial charge in [0, 0.05) is 17.5 Å². The highest BCUT2D eigenvalue weighted by Gasteiger charge is 2.14. The molecule has 2 heterocycles. The van der Waals surface area contributed by atoms with Crippen LogP contribution < -0.4 is 5.73 Å². The van der Waals surface area contributed by atoms with Gasteiger partial charge in [-0.15, -0.1) is 16.4 Å². The molecule has 0 amide bonds. The molecule has 2 aromatic rings. The van der Waals surface area contributed by atoms with E-state index < -0.39 is 12.0 Å². The maximum atomic E-state index is 10.6. The molecule has 2 aromatic heterocycles. The van der Waals surface area contributed by atoms with Gasteiger partial charge >= 0.3 is 5.97 Å². The predicted octanol–water partition coefficient (Wildman–Crippen LogP) is 1.10. The molecule has 2 rings (SSSR count). The van der Waals surface area contributed by atoms with Gasteiger partial charge in [-0.05, 0) is 28.1 Å². The van der Waals surface area contributed by atoms with Crippen molar-refractivity contribution in [3.05, 3.63) is 32.7 Å². The van der Waals surface area contributed by atoms with Crippen molar-refractivity contribution in [3.8, 4) is 0 Å². The van der Waals surface area contributed by atoms with Crippen molar-refractivity contribution in [3.63, 3.8) is 0 Å². The smallest absolute Gasteiger partial charge is 0.320 e. The van der Waals surface area contributed by atoms with Gasteiger partial charge < -0.3 is 10.8 Å². The van der Waals surface area contributed by atoms with E-state index in [9.17, 15) is 4.79 Å². The topological polar surface area (TPSA) is 94.0 Å². The Balaban J connectivity index is 2.00. The van der Waals surface area contributed by atoms with E-state index in [-0.39, 0.29) is 6.42 Å². The number of aromatic nitrogens is 3. The molecular weight excluding hydrogens is 320 g/mol. The standard InChI is InChI=1S/C10H11BrN4O2S/c11-9-2-1-7(18-9)5-15-4-6(13-14-15)3-8(12)10(16)17/h1-2,4,8H,3,5,12H2,(H,16,17). The van der Waals surface area contributed by atoms with Crippen molar-refractivity contribution in [2.45, 2.75) is 19.0 Å². The number of carboxylic acids is 1. The first-order chi connectivity index (χ1) is 8.54. The van der Waals surface area contributed by atoms with E-state index in [2.05, 4.69) is 26.2 Å². The molecule has 3 N–H and O–H groups in total. The Morgan fingerprint density at radius 1 is 1.61 bits per heavy atom. The lowest BCUT2D eigenvalue weighted by atomic mass is 10.2. The van der Waals surface area contributed by atoms with Gasteiger partial charge in [0.1, 0.15) is 6.04 Å². The molecule has 1 unspecified atom stereocenters. The van der Waals surface area contributed by atoms with E-state index in [4.69, 9.17) is 10.8 Å². The van der Waals surface area contributed by atoms with Gasteiger partial charge in [0.2, 0.25) is 0 Å². The van der Waals surface area contributed by atoms with Gasteiger partial charge in [-0.3, -0.25) is 4.79 Å². The Kier molecular flexibility index (Phi) is 4.10. The maximum Gasteiger partial charge on any atom is 0.320 e. The lowest BCUT2D eigenvalue weighted by Crippen LogP contribution is -2.32. The Bertz CT molecular complexity index is 554. The molecule has 1 atom stereocenters. The minimum absolute atomic E-state index is 0.184. The zero-order chi connectivity index (χ0) is 13.1. The highest BCUT2D eigenvalue weighted by Crippen LogP contribution is 2.22. The van der Waals surface area contributed by atoms with Gasteiger partial charge in [-0.1, -0.05) is 5.21 Å². The van der Waals surface area contributed by atoms with Crippen molar-refractivity contribution in [2.24, 2.45) is 5.73 Å². The number of nitrogens with zero attached hydrogens (tertiary/aromatic N) is 3. The first kappa shape index (κ1) is 13.2. The van der Waals surface area contributed by atoms with E-state index in [0.717, 1.165) is 8.66 Å². The lowest BCUT2D eigenvalue weighted by molar-refractivity contribution is -0.138. The second-order valence-corrected chi connectivity index (χ2v) is 6.31. The molecule has 0 radical (unpaired) electrons. The number of thiophene rings is 1. The summed E-state index contributed by atoms with van der Waals surface area (Å²) in [7, 11) is 0. The third-order valence-electron chi connectivity index (χ3n) is 2.28. The average molecular weight is 331 g/mol. The molecule has 0 bridgehead atoms. The molecule has 8 heteroatoms. The molecule has 0 spiro atoms. The van der Waals surface area contributed by atoms with E-state index in [1.165, 1.54) is 0 Å². The van der Waals surface area contributed by atoms with Crippen molar-refractivity contribution < 1.29 is 9.90 Å². The van der Waals surface area contributed by atoms with Gasteiger partial charge in [-0.2, -0.15) is 0 Å². The van der Waals surface area contributed by atoms with E-state index >= 15 is 0 Å². The van der Waals surface area contributed by atoms with Crippen LogP contribution in [0.3, 0.4) is 0 Å². The number of hydrogen-bond donors (Lipinski definition) is 2. The third-order valence-corrected chi connectivity index (χ3v) is 3.89. The second-order valence-electron chi connectivity index (χ2n) is 3.76. The van der Waals surface area contributed by atoms with Crippen LogP contribution in [0.5, 0.6) is 0 Å². The quantitative estimate of drug-likeness (QED) is 0.856. The van der Waals surface area contributed by atoms with Gasteiger partial charge in [0.15, 0.2) is 0 Å². The first-order valence-corrected chi connectivity index (χ1v) is 6.77. The maximum absolute atomic E-state index is 10.6. The van der Waals surface area contributed by atoms with E-state index in [1.54, 1.807) is 22.2 Å². The third kappa shape index (κ3) is 3.37. The number of nitrogens with two attached hydrogens (primary N) is 1. The van der Waals surface area contributed by atoms with Crippen LogP contribution in [0, 0.1) is 0 Å². The van der Waals surface area contributed by atoms with Crippen molar-refractivity contribution in [2.75, 3.05) is 0 Å². The summed E-state index contributed by atoms with van der Waals surface area (Å²) in [4.78, 5) is 11.8. The van der Waals surface area contributed by atoms with Crippen LogP contribution >= 0.6 is 27.3 Å². The summed E-state index contributed by atoms with van der Waals surface area (Å²) in [5.41, 5.74) is 6.02. The summed E-state index contributed by atoms with van der Waals surface area (Å²) >= 11 is 5.01. The highest BCUT2D eigenvalue weighted by atomic mass is 79.9. The molecule has 0 saturated carbocycles. The van der Waals surface area contributed by atoms with Crippen LogP contribution in [0.1, 0.15) is 10.6 Å². The Labute approximate surface area is 116 Å². The normalized spacial score (nSPS) is 12.6. The van der Waals surface area contributed by atoms with Crippen LogP contribution in [-0.4, -0.2) is 32.1 Å². The fourth-order valence-electron chi connectivity index (χ4n) is 1.42. The molecule has 0 aromatic carbocycles.